The van der Waals surface area contributed by atoms with E-state index in [2.05, 4.69) is 28.7 Å². The van der Waals surface area contributed by atoms with E-state index < -0.39 is 0 Å². The monoisotopic (exact) mass is 552 g/mol. The van der Waals surface area contributed by atoms with Crippen molar-refractivity contribution >= 4 is 28.8 Å². The maximum Gasteiger partial charge on any atom is 0.255 e. The van der Waals surface area contributed by atoms with Crippen molar-refractivity contribution in [1.29, 1.82) is 0 Å². The average Bonchev–Trinajstić information content (AvgIpc) is 3.12. The molecule has 3 aromatic heterocycles. The molecule has 0 radical (unpaired) electrons. The van der Waals surface area contributed by atoms with Crippen LogP contribution < -0.4 is 5.56 Å². The van der Waals surface area contributed by atoms with E-state index in [4.69, 9.17) is 11.6 Å². The zero-order valence-electron chi connectivity index (χ0n) is 22.8. The molecule has 5 rings (SSSR count). The van der Waals surface area contributed by atoms with Crippen molar-refractivity contribution in [3.8, 4) is 0 Å². The minimum Gasteiger partial charge on any atom is -0.334 e. The molecule has 0 aliphatic carbocycles. The molecule has 1 unspecified atom stereocenters. The molecule has 2 aliphatic rings. The Labute approximate surface area is 234 Å². The summed E-state index contributed by atoms with van der Waals surface area (Å²) in [5.74, 6) is 1.10. The number of hydrogen-bond acceptors (Lipinski definition) is 5. The van der Waals surface area contributed by atoms with E-state index in [1.807, 2.05) is 48.3 Å². The highest BCUT2D eigenvalue weighted by Gasteiger charge is 2.33. The van der Waals surface area contributed by atoms with Gasteiger partial charge in [0.15, 0.2) is 0 Å². The van der Waals surface area contributed by atoms with Crippen molar-refractivity contribution in [2.24, 2.45) is 5.92 Å². The molecule has 6 nitrogen and oxygen atoms in total. The van der Waals surface area contributed by atoms with E-state index in [-0.39, 0.29) is 11.5 Å². The summed E-state index contributed by atoms with van der Waals surface area (Å²) in [6, 6.07) is 5.90. The predicted octanol–water partition coefficient (Wildman–Crippen LogP) is 6.01. The van der Waals surface area contributed by atoms with Gasteiger partial charge in [0, 0.05) is 40.3 Å². The van der Waals surface area contributed by atoms with Crippen molar-refractivity contribution < 1.29 is 4.79 Å². The van der Waals surface area contributed by atoms with Crippen molar-refractivity contribution in [3.05, 3.63) is 83.2 Å². The van der Waals surface area contributed by atoms with Crippen LogP contribution in [0.25, 0.3) is 0 Å². The minimum atomic E-state index is -0.0886. The van der Waals surface area contributed by atoms with Gasteiger partial charge in [-0.1, -0.05) is 18.5 Å². The van der Waals surface area contributed by atoms with Crippen LogP contribution in [0.4, 0.5) is 0 Å². The molecule has 1 atom stereocenters. The Hall–Kier alpha value is -2.48. The highest BCUT2D eigenvalue weighted by molar-refractivity contribution is 7.12. The number of amides is 1. The van der Waals surface area contributed by atoms with Crippen LogP contribution in [0, 0.1) is 26.7 Å². The van der Waals surface area contributed by atoms with Crippen LogP contribution in [0.1, 0.15) is 80.3 Å². The molecular formula is C30H37ClN4O2S. The van der Waals surface area contributed by atoms with Gasteiger partial charge in [-0.3, -0.25) is 19.5 Å². The van der Waals surface area contributed by atoms with Gasteiger partial charge in [0.25, 0.3) is 11.5 Å². The quantitative estimate of drug-likeness (QED) is 0.406. The van der Waals surface area contributed by atoms with E-state index in [1.54, 1.807) is 6.20 Å². The van der Waals surface area contributed by atoms with Gasteiger partial charge in [-0.05, 0) is 101 Å². The van der Waals surface area contributed by atoms with Gasteiger partial charge >= 0.3 is 0 Å². The summed E-state index contributed by atoms with van der Waals surface area (Å²) in [5.41, 5.74) is 5.49. The Morgan fingerprint density at radius 2 is 1.89 bits per heavy atom. The summed E-state index contributed by atoms with van der Waals surface area (Å²) in [5, 5.41) is 0.673. The number of nitrogens with zero attached hydrogens (tertiary/aromatic N) is 3. The lowest BCUT2D eigenvalue weighted by atomic mass is 9.83. The lowest BCUT2D eigenvalue weighted by Crippen LogP contribution is -2.35. The Kier molecular flexibility index (Phi) is 8.08. The molecule has 38 heavy (non-hydrogen) atoms. The number of carbonyl (C=O) groups excluding carboxylic acids is 1. The summed E-state index contributed by atoms with van der Waals surface area (Å²) < 4.78 is 0. The second-order valence-electron chi connectivity index (χ2n) is 11.0. The molecule has 3 aromatic rings. The second-order valence-corrected chi connectivity index (χ2v) is 12.6. The summed E-state index contributed by atoms with van der Waals surface area (Å²) in [6.45, 7) is 12.3. The Morgan fingerprint density at radius 1 is 1.13 bits per heavy atom. The lowest BCUT2D eigenvalue weighted by molar-refractivity contribution is 0.0747. The molecule has 1 saturated heterocycles. The first kappa shape index (κ1) is 27.1. The molecule has 202 valence electrons. The number of pyridine rings is 2. The largest absolute Gasteiger partial charge is 0.334 e. The maximum atomic E-state index is 13.8. The predicted molar refractivity (Wildman–Crippen MR) is 154 cm³/mol. The normalized spacial score (nSPS) is 17.9. The minimum absolute atomic E-state index is 0.0781. The molecular weight excluding hydrogens is 516 g/mol. The number of fused-ring (bicyclic) bond motifs is 1. The van der Waals surface area contributed by atoms with Crippen molar-refractivity contribution in [3.63, 3.8) is 0 Å². The number of thiophene rings is 1. The smallest absolute Gasteiger partial charge is 0.255 e. The molecule has 2 aliphatic heterocycles. The summed E-state index contributed by atoms with van der Waals surface area (Å²) in [4.78, 5) is 40.8. The van der Waals surface area contributed by atoms with Gasteiger partial charge in [-0.2, -0.15) is 0 Å². The van der Waals surface area contributed by atoms with Gasteiger partial charge in [0.2, 0.25) is 0 Å². The SMILES string of the molecule is Cc1cc(C)c(CN2CCCc3sc(C(C)C4CCN(Cc5ccc(Cl)cn5)CC4)c(C)c3C2=O)c(=O)[nH]1. The third kappa shape index (κ3) is 5.61. The number of halogens is 1. The number of aromatic amines is 1. The third-order valence-corrected chi connectivity index (χ3v) is 10.1. The molecule has 5 heterocycles. The number of rotatable bonds is 6. The molecule has 0 saturated carbocycles. The van der Waals surface area contributed by atoms with Crippen LogP contribution in [0.2, 0.25) is 5.02 Å². The summed E-state index contributed by atoms with van der Waals surface area (Å²) >= 11 is 7.83. The Balaban J connectivity index is 1.28. The molecule has 0 spiro atoms. The van der Waals surface area contributed by atoms with Crippen molar-refractivity contribution in [1.82, 2.24) is 19.8 Å². The number of piperidine rings is 1. The van der Waals surface area contributed by atoms with E-state index in [1.165, 1.54) is 9.75 Å². The summed E-state index contributed by atoms with van der Waals surface area (Å²) in [6.07, 6.45) is 5.86. The van der Waals surface area contributed by atoms with Crippen LogP contribution >= 0.6 is 22.9 Å². The first-order chi connectivity index (χ1) is 18.2. The van der Waals surface area contributed by atoms with Crippen molar-refractivity contribution in [2.45, 2.75) is 72.4 Å². The van der Waals surface area contributed by atoms with Gasteiger partial charge in [0.1, 0.15) is 0 Å². The zero-order valence-corrected chi connectivity index (χ0v) is 24.3. The highest BCUT2D eigenvalue weighted by atomic mass is 35.5. The van der Waals surface area contributed by atoms with Crippen LogP contribution in [-0.2, 0) is 19.5 Å². The first-order valence-corrected chi connectivity index (χ1v) is 14.8. The Bertz CT molecular complexity index is 1370. The number of likely N-dealkylation sites (tertiary alicyclic amines) is 1. The molecule has 1 N–H and O–H groups in total. The molecule has 1 amide bonds. The lowest BCUT2D eigenvalue weighted by Gasteiger charge is -2.34. The average molecular weight is 553 g/mol. The van der Waals surface area contributed by atoms with Crippen molar-refractivity contribution in [2.75, 3.05) is 19.6 Å². The number of aromatic nitrogens is 2. The van der Waals surface area contributed by atoms with E-state index in [0.29, 0.717) is 35.5 Å². The maximum absolute atomic E-state index is 13.8. The van der Waals surface area contributed by atoms with E-state index >= 15 is 0 Å². The Morgan fingerprint density at radius 3 is 2.58 bits per heavy atom. The standard InChI is InChI=1S/C30H37ClN4O2S/c1-18-14-19(2)33-29(36)25(18)17-35-11-5-6-26-27(30(35)37)21(4)28(38-26)20(3)22-9-12-34(13-10-22)16-24-8-7-23(31)15-32-24/h7-8,14-15,20,22H,5-6,9-13,16-17H2,1-4H3,(H,33,36). The molecule has 0 bridgehead atoms. The van der Waals surface area contributed by atoms with Crippen LogP contribution in [0.5, 0.6) is 0 Å². The van der Waals surface area contributed by atoms with Crippen LogP contribution in [-0.4, -0.2) is 45.3 Å². The molecule has 8 heteroatoms. The van der Waals surface area contributed by atoms with E-state index in [9.17, 15) is 9.59 Å². The second kappa shape index (κ2) is 11.3. The highest BCUT2D eigenvalue weighted by Crippen LogP contribution is 2.42. The van der Waals surface area contributed by atoms with Gasteiger partial charge in [-0.15, -0.1) is 11.3 Å². The number of hydrogen-bond donors (Lipinski definition) is 1. The fraction of sp³-hybridized carbons (Fsp3) is 0.500. The number of carbonyl (C=O) groups is 1. The van der Waals surface area contributed by atoms with Crippen LogP contribution in [0.3, 0.4) is 0 Å². The fourth-order valence-corrected chi connectivity index (χ4v) is 7.75. The first-order valence-electron chi connectivity index (χ1n) is 13.6. The fourth-order valence-electron chi connectivity index (χ4n) is 6.15. The zero-order chi connectivity index (χ0) is 27.0. The number of H-pyrrole nitrogens is 1. The third-order valence-electron chi connectivity index (χ3n) is 8.36. The number of nitrogens with one attached hydrogen (secondary N) is 1. The van der Waals surface area contributed by atoms with Gasteiger partial charge in [0.05, 0.1) is 22.8 Å². The summed E-state index contributed by atoms with van der Waals surface area (Å²) in [7, 11) is 0. The number of aryl methyl sites for hydroxylation is 3. The molecule has 1 fully saturated rings. The van der Waals surface area contributed by atoms with E-state index in [0.717, 1.165) is 73.4 Å². The topological polar surface area (TPSA) is 69.3 Å². The van der Waals surface area contributed by atoms with Gasteiger partial charge in [-0.25, -0.2) is 0 Å². The van der Waals surface area contributed by atoms with Crippen LogP contribution in [0.15, 0.2) is 29.2 Å². The van der Waals surface area contributed by atoms with Gasteiger partial charge < -0.3 is 9.88 Å². The molecule has 0 aromatic carbocycles.